The number of nitrogens with zero attached hydrogens (tertiary/aromatic N) is 2. The molecule has 11 heavy (non-hydrogen) atoms. The van der Waals surface area contributed by atoms with Crippen molar-refractivity contribution in [3.63, 3.8) is 0 Å². The van der Waals surface area contributed by atoms with E-state index >= 15 is 0 Å². The summed E-state index contributed by atoms with van der Waals surface area (Å²) >= 11 is 0. The van der Waals surface area contributed by atoms with Gasteiger partial charge >= 0.3 is 0 Å². The van der Waals surface area contributed by atoms with E-state index in [1.54, 1.807) is 0 Å². The van der Waals surface area contributed by atoms with Gasteiger partial charge in [-0.05, 0) is 12.5 Å². The molecule has 0 aliphatic carbocycles. The molecular weight excluding hydrogens is 138 g/mol. The summed E-state index contributed by atoms with van der Waals surface area (Å²) in [7, 11) is 0. The van der Waals surface area contributed by atoms with Crippen LogP contribution in [-0.2, 0) is 0 Å². The number of aryl methyl sites for hydroxylation is 1. The Hall–Kier alpha value is -0.960. The molecule has 0 aromatic carbocycles. The fourth-order valence-corrected chi connectivity index (χ4v) is 1.08. The summed E-state index contributed by atoms with van der Waals surface area (Å²) in [6, 6.07) is 0. The molecule has 0 amide bonds. The third kappa shape index (κ3) is 1.24. The monoisotopic (exact) mass is 149 g/mol. The van der Waals surface area contributed by atoms with Crippen LogP contribution in [0.25, 0.3) is 0 Å². The second-order valence-electron chi connectivity index (χ2n) is 2.97. The molecule has 0 bridgehead atoms. The molecule has 58 valence electrons. The van der Waals surface area contributed by atoms with E-state index in [4.69, 9.17) is 0 Å². The molecule has 0 radical (unpaired) electrons. The minimum Gasteiger partial charge on any atom is -0.315 e. The fraction of sp³-hybridized carbons (Fsp3) is 0.500. The van der Waals surface area contributed by atoms with Crippen LogP contribution in [-0.4, -0.2) is 23.1 Å². The van der Waals surface area contributed by atoms with Crippen LogP contribution >= 0.6 is 0 Å². The lowest BCUT2D eigenvalue weighted by Crippen LogP contribution is -2.40. The van der Waals surface area contributed by atoms with Crippen molar-refractivity contribution >= 4 is 0 Å². The highest BCUT2D eigenvalue weighted by molar-refractivity contribution is 5.08. The summed E-state index contributed by atoms with van der Waals surface area (Å²) in [5.41, 5.74) is 1.13. The van der Waals surface area contributed by atoms with Crippen LogP contribution in [0.5, 0.6) is 0 Å². The molecule has 0 atom stereocenters. The van der Waals surface area contributed by atoms with E-state index in [2.05, 4.69) is 15.3 Å². The smallest absolute Gasteiger partial charge is 0.133 e. The first-order valence-corrected chi connectivity index (χ1v) is 3.85. The standard InChI is InChI=1S/C8H11N3/c1-6-2-10-8(11-3-6)7-4-9-5-7/h2-3,7,9H,4-5H2,1H3. The first-order valence-electron chi connectivity index (χ1n) is 3.85. The van der Waals surface area contributed by atoms with E-state index in [0.717, 1.165) is 24.5 Å². The van der Waals surface area contributed by atoms with Gasteiger partial charge < -0.3 is 5.32 Å². The molecular formula is C8H11N3. The first-order chi connectivity index (χ1) is 5.36. The molecule has 3 nitrogen and oxygen atoms in total. The lowest BCUT2D eigenvalue weighted by molar-refractivity contribution is 0.429. The van der Waals surface area contributed by atoms with E-state index in [-0.39, 0.29) is 0 Å². The number of rotatable bonds is 1. The van der Waals surface area contributed by atoms with Gasteiger partial charge in [0.25, 0.3) is 0 Å². The summed E-state index contributed by atoms with van der Waals surface area (Å²) in [5.74, 6) is 1.53. The van der Waals surface area contributed by atoms with E-state index in [0.29, 0.717) is 5.92 Å². The number of hydrogen-bond acceptors (Lipinski definition) is 3. The SMILES string of the molecule is Cc1cnc(C2CNC2)nc1. The summed E-state index contributed by atoms with van der Waals surface area (Å²) in [6.07, 6.45) is 3.75. The van der Waals surface area contributed by atoms with Gasteiger partial charge in [-0.2, -0.15) is 0 Å². The van der Waals surface area contributed by atoms with E-state index in [1.165, 1.54) is 0 Å². The second kappa shape index (κ2) is 2.58. The van der Waals surface area contributed by atoms with Crippen molar-refractivity contribution in [1.29, 1.82) is 0 Å². The maximum Gasteiger partial charge on any atom is 0.133 e. The zero-order chi connectivity index (χ0) is 7.68. The minimum absolute atomic E-state index is 0.551. The van der Waals surface area contributed by atoms with Crippen molar-refractivity contribution in [3.8, 4) is 0 Å². The van der Waals surface area contributed by atoms with Gasteiger partial charge in [-0.15, -0.1) is 0 Å². The van der Waals surface area contributed by atoms with Crippen LogP contribution in [0.15, 0.2) is 12.4 Å². The summed E-state index contributed by atoms with van der Waals surface area (Å²) in [4.78, 5) is 8.50. The Bertz CT molecular complexity index is 238. The van der Waals surface area contributed by atoms with E-state index in [1.807, 2.05) is 19.3 Å². The van der Waals surface area contributed by atoms with Crippen molar-refractivity contribution < 1.29 is 0 Å². The molecule has 1 N–H and O–H groups in total. The Labute approximate surface area is 65.9 Å². The number of hydrogen-bond donors (Lipinski definition) is 1. The Kier molecular flexibility index (Phi) is 1.58. The van der Waals surface area contributed by atoms with Crippen LogP contribution in [0, 0.1) is 6.92 Å². The normalized spacial score (nSPS) is 17.9. The molecule has 1 aliphatic heterocycles. The maximum atomic E-state index is 4.25. The first kappa shape index (κ1) is 6.73. The Morgan fingerprint density at radius 3 is 2.45 bits per heavy atom. The van der Waals surface area contributed by atoms with Crippen molar-refractivity contribution in [2.75, 3.05) is 13.1 Å². The molecule has 2 rings (SSSR count). The zero-order valence-corrected chi connectivity index (χ0v) is 6.54. The molecule has 1 aromatic rings. The van der Waals surface area contributed by atoms with Gasteiger partial charge in [-0.1, -0.05) is 0 Å². The molecule has 1 saturated heterocycles. The van der Waals surface area contributed by atoms with Crippen molar-refractivity contribution in [2.45, 2.75) is 12.8 Å². The van der Waals surface area contributed by atoms with Crippen LogP contribution in [0.1, 0.15) is 17.3 Å². The highest BCUT2D eigenvalue weighted by Gasteiger charge is 2.20. The van der Waals surface area contributed by atoms with Crippen molar-refractivity contribution in [2.24, 2.45) is 0 Å². The molecule has 0 spiro atoms. The largest absolute Gasteiger partial charge is 0.315 e. The van der Waals surface area contributed by atoms with Gasteiger partial charge in [0.15, 0.2) is 0 Å². The number of nitrogens with one attached hydrogen (secondary N) is 1. The average Bonchev–Trinajstić information content (AvgIpc) is 1.90. The van der Waals surface area contributed by atoms with E-state index in [9.17, 15) is 0 Å². The van der Waals surface area contributed by atoms with Gasteiger partial charge in [-0.25, -0.2) is 9.97 Å². The van der Waals surface area contributed by atoms with Gasteiger partial charge in [-0.3, -0.25) is 0 Å². The van der Waals surface area contributed by atoms with Crippen LogP contribution in [0.3, 0.4) is 0 Å². The molecule has 3 heteroatoms. The summed E-state index contributed by atoms with van der Waals surface area (Å²) in [6.45, 7) is 4.06. The number of aromatic nitrogens is 2. The predicted octanol–water partition coefficient (Wildman–Crippen LogP) is 0.472. The van der Waals surface area contributed by atoms with Crippen molar-refractivity contribution in [1.82, 2.24) is 15.3 Å². The third-order valence-electron chi connectivity index (χ3n) is 1.95. The molecule has 0 unspecified atom stereocenters. The van der Waals surface area contributed by atoms with Gasteiger partial charge in [0.2, 0.25) is 0 Å². The Balaban J connectivity index is 2.18. The average molecular weight is 149 g/mol. The molecule has 1 fully saturated rings. The fourth-order valence-electron chi connectivity index (χ4n) is 1.08. The highest BCUT2D eigenvalue weighted by Crippen LogP contribution is 2.14. The Morgan fingerprint density at radius 2 is 2.00 bits per heavy atom. The summed E-state index contributed by atoms with van der Waals surface area (Å²) in [5, 5.41) is 3.19. The van der Waals surface area contributed by atoms with Crippen LogP contribution in [0.4, 0.5) is 0 Å². The third-order valence-corrected chi connectivity index (χ3v) is 1.95. The molecule has 2 heterocycles. The molecule has 1 aliphatic rings. The van der Waals surface area contributed by atoms with E-state index < -0.39 is 0 Å². The van der Waals surface area contributed by atoms with Gasteiger partial charge in [0.05, 0.1) is 0 Å². The zero-order valence-electron chi connectivity index (χ0n) is 6.54. The molecule has 0 saturated carbocycles. The van der Waals surface area contributed by atoms with Crippen molar-refractivity contribution in [3.05, 3.63) is 23.8 Å². The van der Waals surface area contributed by atoms with Gasteiger partial charge in [0, 0.05) is 31.4 Å². The lowest BCUT2D eigenvalue weighted by atomic mass is 10.0. The quantitative estimate of drug-likeness (QED) is 0.630. The molecule has 1 aromatic heterocycles. The summed E-state index contributed by atoms with van der Waals surface area (Å²) < 4.78 is 0. The van der Waals surface area contributed by atoms with Gasteiger partial charge in [0.1, 0.15) is 5.82 Å². The van der Waals surface area contributed by atoms with Crippen LogP contribution in [0.2, 0.25) is 0 Å². The predicted molar refractivity (Wildman–Crippen MR) is 42.4 cm³/mol. The second-order valence-corrected chi connectivity index (χ2v) is 2.97. The highest BCUT2D eigenvalue weighted by atomic mass is 15.0. The Morgan fingerprint density at radius 1 is 1.36 bits per heavy atom. The lowest BCUT2D eigenvalue weighted by Gasteiger charge is -2.25. The van der Waals surface area contributed by atoms with Crippen LogP contribution < -0.4 is 5.32 Å². The minimum atomic E-state index is 0.551. The topological polar surface area (TPSA) is 37.8 Å². The maximum absolute atomic E-state index is 4.25.